The normalized spacial score (nSPS) is 13.6. The topological polar surface area (TPSA) is 49.3 Å². The number of nitrogens with one attached hydrogen (secondary N) is 1. The molecular formula is C17H19NO2. The van der Waals surface area contributed by atoms with E-state index in [1.807, 2.05) is 55.5 Å². The molecular weight excluding hydrogens is 250 g/mol. The zero-order valence-electron chi connectivity index (χ0n) is 11.8. The van der Waals surface area contributed by atoms with Gasteiger partial charge in [0, 0.05) is 5.56 Å². The summed E-state index contributed by atoms with van der Waals surface area (Å²) >= 11 is 0. The third kappa shape index (κ3) is 3.25. The van der Waals surface area contributed by atoms with E-state index in [4.69, 9.17) is 0 Å². The minimum atomic E-state index is -1.08. The first-order valence-corrected chi connectivity index (χ1v) is 6.62. The van der Waals surface area contributed by atoms with Crippen molar-refractivity contribution in [3.05, 3.63) is 71.3 Å². The van der Waals surface area contributed by atoms with E-state index in [1.165, 1.54) is 0 Å². The molecule has 104 valence electrons. The Hall–Kier alpha value is -2.13. The van der Waals surface area contributed by atoms with E-state index in [-0.39, 0.29) is 12.5 Å². The molecule has 0 aliphatic heterocycles. The van der Waals surface area contributed by atoms with Gasteiger partial charge in [-0.1, -0.05) is 48.5 Å². The number of aryl methyl sites for hydroxylation is 1. The predicted molar refractivity (Wildman–Crippen MR) is 79.5 cm³/mol. The van der Waals surface area contributed by atoms with Crippen LogP contribution < -0.4 is 5.32 Å². The summed E-state index contributed by atoms with van der Waals surface area (Å²) < 4.78 is 0. The average Bonchev–Trinajstić information content (AvgIpc) is 2.46. The molecule has 0 aliphatic rings. The van der Waals surface area contributed by atoms with Crippen LogP contribution in [0.5, 0.6) is 0 Å². The first-order valence-electron chi connectivity index (χ1n) is 6.62. The molecule has 0 saturated carbocycles. The fourth-order valence-corrected chi connectivity index (χ4v) is 2.07. The Morgan fingerprint density at radius 1 is 1.10 bits per heavy atom. The van der Waals surface area contributed by atoms with Gasteiger partial charge in [-0.2, -0.15) is 0 Å². The molecule has 0 heterocycles. The number of hydrogen-bond acceptors (Lipinski definition) is 2. The smallest absolute Gasteiger partial charge is 0.251 e. The van der Waals surface area contributed by atoms with Gasteiger partial charge in [0.2, 0.25) is 0 Å². The van der Waals surface area contributed by atoms with Crippen LogP contribution in [-0.2, 0) is 5.60 Å². The molecule has 2 aromatic carbocycles. The van der Waals surface area contributed by atoms with Crippen LogP contribution >= 0.6 is 0 Å². The molecule has 1 atom stereocenters. The highest BCUT2D eigenvalue weighted by Crippen LogP contribution is 2.19. The van der Waals surface area contributed by atoms with Gasteiger partial charge in [0.1, 0.15) is 5.60 Å². The van der Waals surface area contributed by atoms with Crippen LogP contribution in [0.2, 0.25) is 0 Å². The fraction of sp³-hybridized carbons (Fsp3) is 0.235. The lowest BCUT2D eigenvalue weighted by Crippen LogP contribution is -2.38. The SMILES string of the molecule is Cc1ccccc1C(=O)NCC(C)(O)c1ccccc1. The Morgan fingerprint density at radius 2 is 1.70 bits per heavy atom. The first kappa shape index (κ1) is 14.3. The van der Waals surface area contributed by atoms with Crippen molar-refractivity contribution in [3.8, 4) is 0 Å². The molecule has 3 nitrogen and oxygen atoms in total. The summed E-state index contributed by atoms with van der Waals surface area (Å²) in [7, 11) is 0. The molecule has 0 saturated heterocycles. The molecule has 2 rings (SSSR count). The van der Waals surface area contributed by atoms with Crippen LogP contribution in [0, 0.1) is 6.92 Å². The summed E-state index contributed by atoms with van der Waals surface area (Å²) in [6, 6.07) is 16.7. The Balaban J connectivity index is 2.05. The van der Waals surface area contributed by atoms with Gasteiger partial charge >= 0.3 is 0 Å². The second kappa shape index (κ2) is 5.88. The van der Waals surface area contributed by atoms with E-state index < -0.39 is 5.60 Å². The van der Waals surface area contributed by atoms with E-state index in [1.54, 1.807) is 13.0 Å². The summed E-state index contributed by atoms with van der Waals surface area (Å²) in [5.41, 5.74) is 1.25. The van der Waals surface area contributed by atoms with Crippen LogP contribution in [0.1, 0.15) is 28.4 Å². The predicted octanol–water partition coefficient (Wildman–Crippen LogP) is 2.63. The summed E-state index contributed by atoms with van der Waals surface area (Å²) in [5.74, 6) is -0.167. The third-order valence-corrected chi connectivity index (χ3v) is 3.38. The minimum absolute atomic E-state index is 0.167. The molecule has 20 heavy (non-hydrogen) atoms. The number of carbonyl (C=O) groups is 1. The second-order valence-electron chi connectivity index (χ2n) is 5.14. The van der Waals surface area contributed by atoms with E-state index >= 15 is 0 Å². The van der Waals surface area contributed by atoms with Crippen molar-refractivity contribution in [1.82, 2.24) is 5.32 Å². The van der Waals surface area contributed by atoms with Gasteiger partial charge in [-0.25, -0.2) is 0 Å². The van der Waals surface area contributed by atoms with Crippen molar-refractivity contribution < 1.29 is 9.90 Å². The average molecular weight is 269 g/mol. The number of benzene rings is 2. The van der Waals surface area contributed by atoms with Gasteiger partial charge in [0.05, 0.1) is 6.54 Å². The lowest BCUT2D eigenvalue weighted by atomic mass is 9.96. The zero-order valence-corrected chi connectivity index (χ0v) is 11.8. The molecule has 0 radical (unpaired) electrons. The summed E-state index contributed by atoms with van der Waals surface area (Å²) in [4.78, 5) is 12.1. The minimum Gasteiger partial charge on any atom is -0.384 e. The molecule has 1 amide bonds. The van der Waals surface area contributed by atoms with Gasteiger partial charge < -0.3 is 10.4 Å². The molecule has 0 bridgehead atoms. The van der Waals surface area contributed by atoms with Crippen molar-refractivity contribution in [2.45, 2.75) is 19.4 Å². The molecule has 0 spiro atoms. The van der Waals surface area contributed by atoms with E-state index in [9.17, 15) is 9.90 Å². The number of aliphatic hydroxyl groups is 1. The number of rotatable bonds is 4. The highest BCUT2D eigenvalue weighted by molar-refractivity contribution is 5.95. The summed E-state index contributed by atoms with van der Waals surface area (Å²) in [6.45, 7) is 3.76. The van der Waals surface area contributed by atoms with Crippen molar-refractivity contribution in [2.75, 3.05) is 6.54 Å². The lowest BCUT2D eigenvalue weighted by Gasteiger charge is -2.24. The Labute approximate surface area is 119 Å². The third-order valence-electron chi connectivity index (χ3n) is 3.38. The molecule has 2 aromatic rings. The molecule has 0 aromatic heterocycles. The van der Waals surface area contributed by atoms with E-state index in [0.29, 0.717) is 5.56 Å². The second-order valence-corrected chi connectivity index (χ2v) is 5.14. The van der Waals surface area contributed by atoms with Crippen LogP contribution in [-0.4, -0.2) is 17.6 Å². The largest absolute Gasteiger partial charge is 0.384 e. The van der Waals surface area contributed by atoms with Crippen molar-refractivity contribution in [2.24, 2.45) is 0 Å². The maximum Gasteiger partial charge on any atom is 0.251 e. The van der Waals surface area contributed by atoms with Gasteiger partial charge in [0.25, 0.3) is 5.91 Å². The fourth-order valence-electron chi connectivity index (χ4n) is 2.07. The van der Waals surface area contributed by atoms with Crippen LogP contribution in [0.25, 0.3) is 0 Å². The maximum atomic E-state index is 12.1. The van der Waals surface area contributed by atoms with Crippen LogP contribution in [0.15, 0.2) is 54.6 Å². The molecule has 3 heteroatoms. The standard InChI is InChI=1S/C17H19NO2/c1-13-8-6-7-11-15(13)16(19)18-12-17(2,20)14-9-4-3-5-10-14/h3-11,20H,12H2,1-2H3,(H,18,19). The van der Waals surface area contributed by atoms with Gasteiger partial charge in [-0.3, -0.25) is 4.79 Å². The monoisotopic (exact) mass is 269 g/mol. The quantitative estimate of drug-likeness (QED) is 0.896. The Kier molecular flexibility index (Phi) is 4.20. The van der Waals surface area contributed by atoms with E-state index in [0.717, 1.165) is 11.1 Å². The summed E-state index contributed by atoms with van der Waals surface area (Å²) in [5, 5.41) is 13.2. The lowest BCUT2D eigenvalue weighted by molar-refractivity contribution is 0.0526. The van der Waals surface area contributed by atoms with Crippen molar-refractivity contribution in [1.29, 1.82) is 0 Å². The molecule has 2 N–H and O–H groups in total. The Morgan fingerprint density at radius 3 is 2.35 bits per heavy atom. The number of carbonyl (C=O) groups excluding carboxylic acids is 1. The molecule has 0 fully saturated rings. The number of amides is 1. The van der Waals surface area contributed by atoms with Gasteiger partial charge in [-0.05, 0) is 31.0 Å². The molecule has 0 aliphatic carbocycles. The van der Waals surface area contributed by atoms with Crippen LogP contribution in [0.4, 0.5) is 0 Å². The highest BCUT2D eigenvalue weighted by Gasteiger charge is 2.23. The maximum absolute atomic E-state index is 12.1. The van der Waals surface area contributed by atoms with E-state index in [2.05, 4.69) is 5.32 Å². The van der Waals surface area contributed by atoms with Gasteiger partial charge in [-0.15, -0.1) is 0 Å². The summed E-state index contributed by atoms with van der Waals surface area (Å²) in [6.07, 6.45) is 0. The van der Waals surface area contributed by atoms with Crippen molar-refractivity contribution >= 4 is 5.91 Å². The zero-order chi connectivity index (χ0) is 14.6. The number of hydrogen-bond donors (Lipinski definition) is 2. The Bertz CT molecular complexity index is 591. The first-order chi connectivity index (χ1) is 9.50. The van der Waals surface area contributed by atoms with Crippen molar-refractivity contribution in [3.63, 3.8) is 0 Å². The highest BCUT2D eigenvalue weighted by atomic mass is 16.3. The molecule has 1 unspecified atom stereocenters. The van der Waals surface area contributed by atoms with Crippen LogP contribution in [0.3, 0.4) is 0 Å². The van der Waals surface area contributed by atoms with Gasteiger partial charge in [0.15, 0.2) is 0 Å².